The predicted molar refractivity (Wildman–Crippen MR) is 110 cm³/mol. The van der Waals surface area contributed by atoms with Crippen molar-refractivity contribution in [2.45, 2.75) is 19.8 Å². The molecule has 138 valence electrons. The van der Waals surface area contributed by atoms with Crippen molar-refractivity contribution in [3.63, 3.8) is 0 Å². The summed E-state index contributed by atoms with van der Waals surface area (Å²) in [4.78, 5) is 16.1. The summed E-state index contributed by atoms with van der Waals surface area (Å²) in [5, 5.41) is 8.04. The molecule has 0 aliphatic carbocycles. The van der Waals surface area contributed by atoms with E-state index < -0.39 is 0 Å². The first-order valence-corrected chi connectivity index (χ1v) is 9.78. The van der Waals surface area contributed by atoms with Crippen LogP contribution in [0.1, 0.15) is 30.9 Å². The number of hydrogen-bond acceptors (Lipinski definition) is 5. The van der Waals surface area contributed by atoms with Crippen molar-refractivity contribution in [1.29, 1.82) is 0 Å². The molecular formula is C20H20N4O2S. The standard InChI is InChI=1S/C20H20N4O2S/c1-12(2)13-3-6-15(7-4-13)21-20-24-23-17(11-27-20)14-5-8-18-16(9-14)22-19(25)10-26-18/h3-9,12H,10-11H2,1-2H3,(H,21,24)(H,22,25). The average molecular weight is 380 g/mol. The number of amides is 1. The zero-order chi connectivity index (χ0) is 18.8. The van der Waals surface area contributed by atoms with Gasteiger partial charge in [0, 0.05) is 11.3 Å². The molecule has 0 unspecified atom stereocenters. The molecule has 0 aromatic heterocycles. The van der Waals surface area contributed by atoms with Gasteiger partial charge in [0.15, 0.2) is 11.8 Å². The molecule has 0 atom stereocenters. The highest BCUT2D eigenvalue weighted by molar-refractivity contribution is 8.14. The summed E-state index contributed by atoms with van der Waals surface area (Å²) in [6, 6.07) is 14.0. The maximum absolute atomic E-state index is 11.5. The minimum absolute atomic E-state index is 0.0582. The van der Waals surface area contributed by atoms with Crippen molar-refractivity contribution in [1.82, 2.24) is 5.43 Å². The molecule has 0 saturated heterocycles. The molecule has 0 radical (unpaired) electrons. The van der Waals surface area contributed by atoms with Crippen molar-refractivity contribution < 1.29 is 9.53 Å². The molecule has 1 amide bonds. The number of nitrogens with zero attached hydrogens (tertiary/aromatic N) is 2. The number of benzene rings is 2. The zero-order valence-corrected chi connectivity index (χ0v) is 16.0. The Balaban J connectivity index is 1.48. The van der Waals surface area contributed by atoms with Gasteiger partial charge >= 0.3 is 0 Å². The van der Waals surface area contributed by atoms with E-state index in [1.165, 1.54) is 5.56 Å². The summed E-state index contributed by atoms with van der Waals surface area (Å²) in [7, 11) is 0. The van der Waals surface area contributed by atoms with E-state index >= 15 is 0 Å². The van der Waals surface area contributed by atoms with Crippen LogP contribution in [0.5, 0.6) is 5.75 Å². The lowest BCUT2D eigenvalue weighted by atomic mass is 10.0. The van der Waals surface area contributed by atoms with E-state index in [4.69, 9.17) is 4.74 Å². The summed E-state index contributed by atoms with van der Waals surface area (Å²) in [5.41, 5.74) is 7.75. The Morgan fingerprint density at radius 3 is 2.70 bits per heavy atom. The number of hydrogen-bond donors (Lipinski definition) is 2. The van der Waals surface area contributed by atoms with Gasteiger partial charge in [0.05, 0.1) is 17.1 Å². The minimum Gasteiger partial charge on any atom is -0.482 e. The number of nitrogens with one attached hydrogen (secondary N) is 2. The molecule has 4 rings (SSSR count). The molecule has 2 N–H and O–H groups in total. The van der Waals surface area contributed by atoms with Crippen LogP contribution in [0.2, 0.25) is 0 Å². The van der Waals surface area contributed by atoms with Gasteiger partial charge in [0.1, 0.15) is 5.75 Å². The first kappa shape index (κ1) is 17.6. The van der Waals surface area contributed by atoms with Crippen molar-refractivity contribution in [3.8, 4) is 5.75 Å². The van der Waals surface area contributed by atoms with Gasteiger partial charge in [0.25, 0.3) is 5.91 Å². The van der Waals surface area contributed by atoms with Gasteiger partial charge < -0.3 is 10.1 Å². The molecule has 2 aliphatic heterocycles. The van der Waals surface area contributed by atoms with Gasteiger partial charge in [-0.25, -0.2) is 4.99 Å². The number of fused-ring (bicyclic) bond motifs is 1. The molecule has 0 fully saturated rings. The molecule has 27 heavy (non-hydrogen) atoms. The van der Waals surface area contributed by atoms with Crippen LogP contribution in [0.3, 0.4) is 0 Å². The molecule has 2 aromatic rings. The Morgan fingerprint density at radius 1 is 1.19 bits per heavy atom. The lowest BCUT2D eigenvalue weighted by Gasteiger charge is -2.20. The Labute approximate surface area is 162 Å². The van der Waals surface area contributed by atoms with Crippen molar-refractivity contribution in [2.24, 2.45) is 10.1 Å². The number of carbonyl (C=O) groups excluding carboxylic acids is 1. The Hall–Kier alpha value is -2.80. The summed E-state index contributed by atoms with van der Waals surface area (Å²) >= 11 is 1.60. The van der Waals surface area contributed by atoms with E-state index in [-0.39, 0.29) is 12.5 Å². The maximum atomic E-state index is 11.5. The number of thioether (sulfide) groups is 1. The van der Waals surface area contributed by atoms with Gasteiger partial charge in [0.2, 0.25) is 0 Å². The van der Waals surface area contributed by atoms with Crippen LogP contribution in [0, 0.1) is 0 Å². The molecule has 2 heterocycles. The van der Waals surface area contributed by atoms with Crippen LogP contribution in [-0.4, -0.2) is 29.1 Å². The third-order valence-electron chi connectivity index (χ3n) is 4.37. The van der Waals surface area contributed by atoms with Crippen LogP contribution >= 0.6 is 11.8 Å². The van der Waals surface area contributed by atoms with Gasteiger partial charge in [-0.05, 0) is 41.8 Å². The summed E-state index contributed by atoms with van der Waals surface area (Å²) in [6.45, 7) is 4.41. The molecule has 0 spiro atoms. The van der Waals surface area contributed by atoms with Gasteiger partial charge in [-0.1, -0.05) is 37.7 Å². The van der Waals surface area contributed by atoms with E-state index in [9.17, 15) is 4.79 Å². The van der Waals surface area contributed by atoms with Crippen LogP contribution in [0.25, 0.3) is 0 Å². The highest BCUT2D eigenvalue weighted by atomic mass is 32.2. The number of carbonyl (C=O) groups is 1. The van der Waals surface area contributed by atoms with Crippen LogP contribution in [0.4, 0.5) is 11.4 Å². The SMILES string of the molecule is CC(C)c1ccc(N=C2NN=C(c3ccc4c(c3)NC(=O)CO4)CS2)cc1. The quantitative estimate of drug-likeness (QED) is 0.848. The van der Waals surface area contributed by atoms with Crippen LogP contribution < -0.4 is 15.5 Å². The van der Waals surface area contributed by atoms with Crippen LogP contribution in [0.15, 0.2) is 52.6 Å². The monoisotopic (exact) mass is 380 g/mol. The number of ether oxygens (including phenoxy) is 1. The summed E-state index contributed by atoms with van der Waals surface area (Å²) in [6.07, 6.45) is 0. The Kier molecular flexibility index (Phi) is 4.85. The second kappa shape index (κ2) is 7.44. The van der Waals surface area contributed by atoms with Crippen molar-refractivity contribution in [2.75, 3.05) is 17.7 Å². The van der Waals surface area contributed by atoms with Gasteiger partial charge in [-0.3, -0.25) is 10.2 Å². The lowest BCUT2D eigenvalue weighted by Crippen LogP contribution is -2.27. The Morgan fingerprint density at radius 2 is 2.00 bits per heavy atom. The predicted octanol–water partition coefficient (Wildman–Crippen LogP) is 3.87. The van der Waals surface area contributed by atoms with Crippen molar-refractivity contribution >= 4 is 39.9 Å². The Bertz CT molecular complexity index is 935. The van der Waals surface area contributed by atoms with E-state index in [1.807, 2.05) is 30.3 Å². The van der Waals surface area contributed by atoms with E-state index in [0.29, 0.717) is 23.1 Å². The van der Waals surface area contributed by atoms with Crippen molar-refractivity contribution in [3.05, 3.63) is 53.6 Å². The smallest absolute Gasteiger partial charge is 0.262 e. The highest BCUT2D eigenvalue weighted by Crippen LogP contribution is 2.29. The zero-order valence-electron chi connectivity index (χ0n) is 15.2. The molecule has 0 bridgehead atoms. The number of rotatable bonds is 3. The summed E-state index contributed by atoms with van der Waals surface area (Å²) < 4.78 is 5.39. The molecular weight excluding hydrogens is 360 g/mol. The largest absolute Gasteiger partial charge is 0.482 e. The topological polar surface area (TPSA) is 75.1 Å². The second-order valence-electron chi connectivity index (χ2n) is 6.67. The van der Waals surface area contributed by atoms with E-state index in [2.05, 4.69) is 46.8 Å². The first-order chi connectivity index (χ1) is 13.1. The number of aliphatic imine (C=N–C) groups is 1. The number of anilines is 1. The average Bonchev–Trinajstić information content (AvgIpc) is 2.68. The third kappa shape index (κ3) is 3.98. The molecule has 2 aliphatic rings. The summed E-state index contributed by atoms with van der Waals surface area (Å²) in [5.74, 6) is 1.75. The number of hydrazone groups is 1. The van der Waals surface area contributed by atoms with Gasteiger partial charge in [-0.15, -0.1) is 0 Å². The lowest BCUT2D eigenvalue weighted by molar-refractivity contribution is -0.118. The molecule has 2 aromatic carbocycles. The third-order valence-corrected chi connectivity index (χ3v) is 5.24. The fraction of sp³-hybridized carbons (Fsp3) is 0.250. The fourth-order valence-electron chi connectivity index (χ4n) is 2.84. The minimum atomic E-state index is -0.143. The first-order valence-electron chi connectivity index (χ1n) is 8.79. The number of amidine groups is 1. The van der Waals surface area contributed by atoms with Gasteiger partial charge in [-0.2, -0.15) is 5.10 Å². The second-order valence-corrected chi connectivity index (χ2v) is 7.63. The molecule has 7 heteroatoms. The van der Waals surface area contributed by atoms with E-state index in [1.54, 1.807) is 11.8 Å². The normalized spacial score (nSPS) is 17.7. The molecule has 0 saturated carbocycles. The maximum Gasteiger partial charge on any atom is 0.262 e. The van der Waals surface area contributed by atoms with E-state index in [0.717, 1.165) is 22.1 Å². The fourth-order valence-corrected chi connectivity index (χ4v) is 3.62. The van der Waals surface area contributed by atoms with Crippen LogP contribution in [-0.2, 0) is 4.79 Å². The highest BCUT2D eigenvalue weighted by Gasteiger charge is 2.19. The molecule has 6 nitrogen and oxygen atoms in total.